The van der Waals surface area contributed by atoms with Gasteiger partial charge in [0.25, 0.3) is 0 Å². The average Bonchev–Trinajstić information content (AvgIpc) is 2.29. The molecule has 0 aliphatic carbocycles. The second-order valence-corrected chi connectivity index (χ2v) is 3.97. The quantitative estimate of drug-likeness (QED) is 0.628. The Morgan fingerprint density at radius 2 is 2.11 bits per heavy atom. The zero-order valence-electron chi connectivity index (χ0n) is 10.1. The minimum absolute atomic E-state index is 0.104. The van der Waals surface area contributed by atoms with Crippen molar-refractivity contribution < 1.29 is 18.4 Å². The molecule has 1 unspecified atom stereocenters. The maximum absolute atomic E-state index is 13.4. The van der Waals surface area contributed by atoms with Crippen LogP contribution in [0.25, 0.3) is 0 Å². The van der Waals surface area contributed by atoms with Gasteiger partial charge in [-0.25, -0.2) is 4.39 Å². The van der Waals surface area contributed by atoms with Crippen LogP contribution < -0.4 is 10.1 Å². The predicted octanol–water partition coefficient (Wildman–Crippen LogP) is 2.11. The highest BCUT2D eigenvalue weighted by Gasteiger charge is 2.19. The molecule has 1 atom stereocenters. The van der Waals surface area contributed by atoms with E-state index in [2.05, 4.69) is 5.32 Å². The van der Waals surface area contributed by atoms with E-state index in [1.54, 1.807) is 7.05 Å². The summed E-state index contributed by atoms with van der Waals surface area (Å²) in [7, 11) is 1.77. The van der Waals surface area contributed by atoms with E-state index < -0.39 is 22.2 Å². The molecule has 0 spiro atoms. The molecule has 0 saturated carbocycles. The van der Waals surface area contributed by atoms with E-state index in [-0.39, 0.29) is 18.3 Å². The Bertz CT molecular complexity index is 441. The van der Waals surface area contributed by atoms with Crippen LogP contribution in [0, 0.1) is 27.7 Å². The molecule has 18 heavy (non-hydrogen) atoms. The van der Waals surface area contributed by atoms with Crippen molar-refractivity contribution >= 4 is 5.69 Å². The summed E-state index contributed by atoms with van der Waals surface area (Å²) < 4.78 is 31.8. The predicted molar refractivity (Wildman–Crippen MR) is 61.6 cm³/mol. The van der Waals surface area contributed by atoms with Crippen LogP contribution in [0.5, 0.6) is 5.75 Å². The molecule has 0 saturated heterocycles. The topological polar surface area (TPSA) is 64.4 Å². The van der Waals surface area contributed by atoms with Crippen LogP contribution in [0.15, 0.2) is 12.1 Å². The fraction of sp³-hybridized carbons (Fsp3) is 0.455. The average molecular weight is 260 g/mol. The largest absolute Gasteiger partial charge is 0.490 e. The first-order valence-electron chi connectivity index (χ1n) is 5.36. The molecule has 0 fully saturated rings. The lowest BCUT2D eigenvalue weighted by Gasteiger charge is -2.13. The molecule has 1 N–H and O–H groups in total. The number of halogens is 2. The van der Waals surface area contributed by atoms with Gasteiger partial charge >= 0.3 is 5.69 Å². The van der Waals surface area contributed by atoms with E-state index in [9.17, 15) is 18.9 Å². The standard InChI is InChI=1S/C11H14F2N2O3/c1-7(5-14-2)6-18-11-4-8(12)10(15(16)17)3-9(11)13/h3-4,7,14H,5-6H2,1-2H3. The highest BCUT2D eigenvalue weighted by Crippen LogP contribution is 2.26. The highest BCUT2D eigenvalue weighted by molar-refractivity contribution is 5.39. The lowest BCUT2D eigenvalue weighted by atomic mass is 10.2. The number of nitro groups is 1. The van der Waals surface area contributed by atoms with Gasteiger partial charge in [-0.15, -0.1) is 0 Å². The second kappa shape index (κ2) is 6.25. The third kappa shape index (κ3) is 3.63. The molecule has 0 radical (unpaired) electrons. The Kier molecular flexibility index (Phi) is 4.96. The van der Waals surface area contributed by atoms with E-state index in [0.29, 0.717) is 18.7 Å². The van der Waals surface area contributed by atoms with Gasteiger partial charge in [-0.2, -0.15) is 4.39 Å². The molecule has 1 aromatic rings. The fourth-order valence-electron chi connectivity index (χ4n) is 1.41. The van der Waals surface area contributed by atoms with Crippen molar-refractivity contribution in [1.29, 1.82) is 0 Å². The molecule has 1 rings (SSSR count). The van der Waals surface area contributed by atoms with E-state index in [4.69, 9.17) is 4.74 Å². The number of nitro benzene ring substituents is 1. The maximum Gasteiger partial charge on any atom is 0.307 e. The van der Waals surface area contributed by atoms with E-state index >= 15 is 0 Å². The lowest BCUT2D eigenvalue weighted by molar-refractivity contribution is -0.387. The van der Waals surface area contributed by atoms with Gasteiger partial charge in [0.1, 0.15) is 0 Å². The maximum atomic E-state index is 13.4. The summed E-state index contributed by atoms with van der Waals surface area (Å²) in [5, 5.41) is 13.3. The van der Waals surface area contributed by atoms with Crippen LogP contribution in [0.2, 0.25) is 0 Å². The fourth-order valence-corrected chi connectivity index (χ4v) is 1.41. The van der Waals surface area contributed by atoms with Crippen LogP contribution in [0.3, 0.4) is 0 Å². The molecule has 5 nitrogen and oxygen atoms in total. The number of hydrogen-bond acceptors (Lipinski definition) is 4. The highest BCUT2D eigenvalue weighted by atomic mass is 19.1. The molecule has 0 heterocycles. The Morgan fingerprint density at radius 1 is 1.44 bits per heavy atom. The number of rotatable bonds is 6. The van der Waals surface area contributed by atoms with Gasteiger partial charge in [0, 0.05) is 18.5 Å². The molecule has 0 aliphatic heterocycles. The zero-order chi connectivity index (χ0) is 13.7. The molecule has 7 heteroatoms. The van der Waals surface area contributed by atoms with Gasteiger partial charge in [0.2, 0.25) is 5.82 Å². The number of hydrogen-bond donors (Lipinski definition) is 1. The summed E-state index contributed by atoms with van der Waals surface area (Å²) in [6.45, 7) is 2.72. The van der Waals surface area contributed by atoms with Gasteiger partial charge in [0.05, 0.1) is 17.6 Å². The number of benzene rings is 1. The van der Waals surface area contributed by atoms with Crippen molar-refractivity contribution in [2.75, 3.05) is 20.2 Å². The van der Waals surface area contributed by atoms with E-state index in [1.807, 2.05) is 6.92 Å². The Labute approximate surface area is 103 Å². The normalized spacial score (nSPS) is 12.2. The number of ether oxygens (including phenoxy) is 1. The van der Waals surface area contributed by atoms with E-state index in [1.165, 1.54) is 0 Å². The third-order valence-electron chi connectivity index (χ3n) is 2.27. The molecule has 1 aromatic carbocycles. The summed E-state index contributed by atoms with van der Waals surface area (Å²) in [5.74, 6) is -2.27. The summed E-state index contributed by atoms with van der Waals surface area (Å²) in [4.78, 5) is 9.41. The summed E-state index contributed by atoms with van der Waals surface area (Å²) >= 11 is 0. The molecule has 0 bridgehead atoms. The van der Waals surface area contributed by atoms with Crippen LogP contribution in [-0.2, 0) is 0 Å². The van der Waals surface area contributed by atoms with Crippen LogP contribution >= 0.6 is 0 Å². The van der Waals surface area contributed by atoms with Crippen molar-refractivity contribution in [2.45, 2.75) is 6.92 Å². The van der Waals surface area contributed by atoms with Gasteiger partial charge in [-0.05, 0) is 7.05 Å². The lowest BCUT2D eigenvalue weighted by Crippen LogP contribution is -2.22. The number of nitrogens with zero attached hydrogens (tertiary/aromatic N) is 1. The van der Waals surface area contributed by atoms with Gasteiger partial charge in [-0.3, -0.25) is 10.1 Å². The summed E-state index contributed by atoms with van der Waals surface area (Å²) in [6.07, 6.45) is 0. The second-order valence-electron chi connectivity index (χ2n) is 3.97. The first kappa shape index (κ1) is 14.3. The smallest absolute Gasteiger partial charge is 0.307 e. The Hall–Kier alpha value is -1.76. The van der Waals surface area contributed by atoms with Gasteiger partial charge in [0.15, 0.2) is 11.6 Å². The minimum Gasteiger partial charge on any atom is -0.490 e. The van der Waals surface area contributed by atoms with Crippen molar-refractivity contribution in [1.82, 2.24) is 5.32 Å². The van der Waals surface area contributed by atoms with Crippen molar-refractivity contribution in [2.24, 2.45) is 5.92 Å². The van der Waals surface area contributed by atoms with Crippen LogP contribution in [0.4, 0.5) is 14.5 Å². The molecule has 100 valence electrons. The SMILES string of the molecule is CNCC(C)COc1cc(F)c([N+](=O)[O-])cc1F. The monoisotopic (exact) mass is 260 g/mol. The molecular formula is C11H14F2N2O3. The Morgan fingerprint density at radius 3 is 2.67 bits per heavy atom. The first-order chi connectivity index (χ1) is 8.45. The van der Waals surface area contributed by atoms with Crippen molar-refractivity contribution in [3.63, 3.8) is 0 Å². The first-order valence-corrected chi connectivity index (χ1v) is 5.36. The summed E-state index contributed by atoms with van der Waals surface area (Å²) in [5.41, 5.74) is -0.900. The van der Waals surface area contributed by atoms with Gasteiger partial charge < -0.3 is 10.1 Å². The van der Waals surface area contributed by atoms with Crippen LogP contribution in [0.1, 0.15) is 6.92 Å². The summed E-state index contributed by atoms with van der Waals surface area (Å²) in [6, 6.07) is 1.22. The van der Waals surface area contributed by atoms with Crippen molar-refractivity contribution in [3.05, 3.63) is 33.9 Å². The minimum atomic E-state index is -1.11. The van der Waals surface area contributed by atoms with Gasteiger partial charge in [-0.1, -0.05) is 6.92 Å². The molecule has 0 aliphatic rings. The van der Waals surface area contributed by atoms with E-state index in [0.717, 1.165) is 0 Å². The van der Waals surface area contributed by atoms with Crippen molar-refractivity contribution in [3.8, 4) is 5.75 Å². The van der Waals surface area contributed by atoms with Crippen LogP contribution in [-0.4, -0.2) is 25.1 Å². The Balaban J connectivity index is 2.79. The molecule has 0 amide bonds. The molecule has 0 aromatic heterocycles. The zero-order valence-corrected chi connectivity index (χ0v) is 10.1. The molecular weight excluding hydrogens is 246 g/mol. The number of nitrogens with one attached hydrogen (secondary N) is 1. The third-order valence-corrected chi connectivity index (χ3v) is 2.27.